The van der Waals surface area contributed by atoms with Gasteiger partial charge in [-0.15, -0.1) is 0 Å². The van der Waals surface area contributed by atoms with Gasteiger partial charge in [0.2, 0.25) is 5.91 Å². The van der Waals surface area contributed by atoms with E-state index < -0.39 is 6.03 Å². The van der Waals surface area contributed by atoms with Crippen molar-refractivity contribution in [3.05, 3.63) is 99.7 Å². The van der Waals surface area contributed by atoms with Crippen molar-refractivity contribution in [3.8, 4) is 0 Å². The topological polar surface area (TPSA) is 77.7 Å². The van der Waals surface area contributed by atoms with Crippen LogP contribution >= 0.6 is 23.2 Å². The molecular formula is C30H32Cl2N4O3. The molecule has 0 saturated heterocycles. The number of nitrogens with zero attached hydrogens (tertiary/aromatic N) is 2. The number of urea groups is 1. The molecule has 0 bridgehead atoms. The monoisotopic (exact) mass is 566 g/mol. The van der Waals surface area contributed by atoms with Gasteiger partial charge in [0.1, 0.15) is 6.54 Å². The fraction of sp³-hybridized carbons (Fsp3) is 0.267. The maximum atomic E-state index is 13.7. The first kappa shape index (κ1) is 28.5. The molecule has 0 radical (unpaired) electrons. The highest BCUT2D eigenvalue weighted by Gasteiger charge is 2.23. The zero-order valence-corrected chi connectivity index (χ0v) is 23.6. The minimum atomic E-state index is -0.484. The second-order valence-corrected chi connectivity index (χ2v) is 10.2. The summed E-state index contributed by atoms with van der Waals surface area (Å²) in [7, 11) is 1.55. The Labute approximate surface area is 238 Å². The normalized spacial score (nSPS) is 11.0. The number of hydrogen-bond acceptors (Lipinski definition) is 3. The highest BCUT2D eigenvalue weighted by Crippen LogP contribution is 2.30. The summed E-state index contributed by atoms with van der Waals surface area (Å²) in [6.07, 6.45) is 2.66. The lowest BCUT2D eigenvalue weighted by molar-refractivity contribution is -0.132. The number of aromatic amines is 1. The largest absolute Gasteiger partial charge is 0.383 e. The number of rotatable bonds is 11. The zero-order valence-electron chi connectivity index (χ0n) is 22.0. The summed E-state index contributed by atoms with van der Waals surface area (Å²) in [4.78, 5) is 33.4. The maximum absolute atomic E-state index is 13.7. The van der Waals surface area contributed by atoms with E-state index in [0.29, 0.717) is 35.2 Å². The molecule has 7 nitrogen and oxygen atoms in total. The van der Waals surface area contributed by atoms with Gasteiger partial charge in [0.15, 0.2) is 0 Å². The summed E-state index contributed by atoms with van der Waals surface area (Å²) >= 11 is 12.5. The molecule has 39 heavy (non-hydrogen) atoms. The molecule has 2 N–H and O–H groups in total. The third-order valence-corrected chi connectivity index (χ3v) is 7.18. The van der Waals surface area contributed by atoms with E-state index in [4.69, 9.17) is 27.9 Å². The third kappa shape index (κ3) is 7.53. The second-order valence-electron chi connectivity index (χ2n) is 9.35. The number of amides is 3. The van der Waals surface area contributed by atoms with E-state index in [1.54, 1.807) is 30.2 Å². The molecule has 0 spiro atoms. The van der Waals surface area contributed by atoms with Crippen LogP contribution in [0.4, 0.5) is 10.5 Å². The molecule has 0 fully saturated rings. The Morgan fingerprint density at radius 3 is 2.36 bits per heavy atom. The molecule has 4 aromatic rings. The number of H-pyrrole nitrogens is 1. The van der Waals surface area contributed by atoms with Crippen LogP contribution in [0, 0.1) is 6.92 Å². The van der Waals surface area contributed by atoms with Crippen LogP contribution in [-0.4, -0.2) is 60.1 Å². The molecule has 0 aliphatic carbocycles. The molecule has 0 aliphatic rings. The predicted molar refractivity (Wildman–Crippen MR) is 158 cm³/mol. The van der Waals surface area contributed by atoms with Gasteiger partial charge >= 0.3 is 6.03 Å². The summed E-state index contributed by atoms with van der Waals surface area (Å²) in [5.74, 6) is -0.174. The van der Waals surface area contributed by atoms with Crippen LogP contribution < -0.4 is 5.32 Å². The fourth-order valence-corrected chi connectivity index (χ4v) is 4.81. The third-order valence-electron chi connectivity index (χ3n) is 6.55. The van der Waals surface area contributed by atoms with Crippen LogP contribution in [0.3, 0.4) is 0 Å². The molecule has 1 aromatic heterocycles. The highest BCUT2D eigenvalue weighted by molar-refractivity contribution is 6.39. The number of para-hydroxylation sites is 2. The maximum Gasteiger partial charge on any atom is 0.322 e. The van der Waals surface area contributed by atoms with Gasteiger partial charge in [0.05, 0.1) is 22.3 Å². The van der Waals surface area contributed by atoms with Crippen LogP contribution in [0.25, 0.3) is 10.9 Å². The van der Waals surface area contributed by atoms with Gasteiger partial charge in [-0.2, -0.15) is 0 Å². The molecule has 3 amide bonds. The number of ether oxygens (including phenoxy) is 1. The fourth-order valence-electron chi connectivity index (χ4n) is 4.32. The number of nitrogens with one attached hydrogen (secondary N) is 2. The first-order chi connectivity index (χ1) is 18.9. The van der Waals surface area contributed by atoms with E-state index in [9.17, 15) is 9.59 Å². The minimum absolute atomic E-state index is 0.128. The van der Waals surface area contributed by atoms with Crippen molar-refractivity contribution in [1.82, 2.24) is 14.8 Å². The Balaban J connectivity index is 1.52. The number of methoxy groups -OCH3 is 1. The number of carbonyl (C=O) groups excluding carboxylic acids is 2. The molecule has 0 atom stereocenters. The molecule has 0 unspecified atom stereocenters. The summed E-state index contributed by atoms with van der Waals surface area (Å²) in [5.41, 5.74) is 4.66. The van der Waals surface area contributed by atoms with Gasteiger partial charge in [0, 0.05) is 43.8 Å². The van der Waals surface area contributed by atoms with E-state index in [-0.39, 0.29) is 25.6 Å². The van der Waals surface area contributed by atoms with Crippen molar-refractivity contribution in [2.75, 3.05) is 38.7 Å². The molecule has 1 heterocycles. The van der Waals surface area contributed by atoms with Crippen molar-refractivity contribution in [2.45, 2.75) is 19.9 Å². The molecule has 4 rings (SSSR count). The standard InChI is InChI=1S/C30H32Cl2N4O3/c1-21-10-12-22(13-11-21)19-35(15-14-23-18-33-27-9-4-3-6-24(23)27)28(37)20-36(16-17-39-2)30(38)34-29-25(31)7-5-8-26(29)32/h3-13,18,33H,14-17,19-20H2,1-2H3,(H,34,38). The average molecular weight is 568 g/mol. The number of hydrogen-bond donors (Lipinski definition) is 2. The van der Waals surface area contributed by atoms with E-state index in [2.05, 4.69) is 16.4 Å². The van der Waals surface area contributed by atoms with Crippen molar-refractivity contribution in [2.24, 2.45) is 0 Å². The Kier molecular flexibility index (Phi) is 9.87. The van der Waals surface area contributed by atoms with Crippen LogP contribution in [-0.2, 0) is 22.5 Å². The van der Waals surface area contributed by atoms with Gasteiger partial charge in [-0.25, -0.2) is 4.79 Å². The smallest absolute Gasteiger partial charge is 0.322 e. The lowest BCUT2D eigenvalue weighted by Gasteiger charge is -2.28. The zero-order chi connectivity index (χ0) is 27.8. The Morgan fingerprint density at radius 1 is 0.923 bits per heavy atom. The number of carbonyl (C=O) groups is 2. The molecule has 9 heteroatoms. The Bertz CT molecular complexity index is 1400. The van der Waals surface area contributed by atoms with Crippen molar-refractivity contribution in [1.29, 1.82) is 0 Å². The van der Waals surface area contributed by atoms with E-state index >= 15 is 0 Å². The minimum Gasteiger partial charge on any atom is -0.383 e. The quantitative estimate of drug-likeness (QED) is 0.216. The van der Waals surface area contributed by atoms with Crippen molar-refractivity contribution < 1.29 is 14.3 Å². The summed E-state index contributed by atoms with van der Waals surface area (Å²) in [5, 5.41) is 4.52. The van der Waals surface area contributed by atoms with Crippen LogP contribution in [0.15, 0.2) is 72.9 Å². The van der Waals surface area contributed by atoms with E-state index in [0.717, 1.165) is 27.6 Å². The molecule has 0 aliphatic heterocycles. The first-order valence-corrected chi connectivity index (χ1v) is 13.5. The summed E-state index contributed by atoms with van der Waals surface area (Å²) < 4.78 is 5.20. The predicted octanol–water partition coefficient (Wildman–Crippen LogP) is 6.53. The number of aromatic nitrogens is 1. The number of fused-ring (bicyclic) bond motifs is 1. The summed E-state index contributed by atoms with van der Waals surface area (Å²) in [6, 6.07) is 20.7. The van der Waals surface area contributed by atoms with Crippen LogP contribution in [0.2, 0.25) is 10.0 Å². The molecule has 0 saturated carbocycles. The lowest BCUT2D eigenvalue weighted by Crippen LogP contribution is -2.46. The van der Waals surface area contributed by atoms with Crippen LogP contribution in [0.5, 0.6) is 0 Å². The second kappa shape index (κ2) is 13.5. The van der Waals surface area contributed by atoms with Gasteiger partial charge < -0.3 is 24.8 Å². The van der Waals surface area contributed by atoms with Crippen LogP contribution in [0.1, 0.15) is 16.7 Å². The van der Waals surface area contributed by atoms with E-state index in [1.165, 1.54) is 4.90 Å². The van der Waals surface area contributed by atoms with Gasteiger partial charge in [-0.05, 0) is 42.7 Å². The first-order valence-electron chi connectivity index (χ1n) is 12.7. The van der Waals surface area contributed by atoms with E-state index in [1.807, 2.05) is 55.6 Å². The Hall–Kier alpha value is -3.52. The number of benzene rings is 3. The number of aryl methyl sites for hydroxylation is 1. The lowest BCUT2D eigenvalue weighted by atomic mass is 10.1. The van der Waals surface area contributed by atoms with Gasteiger partial charge in [-0.3, -0.25) is 4.79 Å². The van der Waals surface area contributed by atoms with Gasteiger partial charge in [-0.1, -0.05) is 77.3 Å². The number of anilines is 1. The molecule has 3 aromatic carbocycles. The highest BCUT2D eigenvalue weighted by atomic mass is 35.5. The molecular weight excluding hydrogens is 535 g/mol. The SMILES string of the molecule is COCCN(CC(=O)N(CCc1c[nH]c2ccccc12)Cc1ccc(C)cc1)C(=O)Nc1c(Cl)cccc1Cl. The van der Waals surface area contributed by atoms with Gasteiger partial charge in [0.25, 0.3) is 0 Å². The van der Waals surface area contributed by atoms with Crippen molar-refractivity contribution >= 4 is 51.7 Å². The molecule has 204 valence electrons. The number of halogens is 2. The Morgan fingerprint density at radius 2 is 1.64 bits per heavy atom. The summed E-state index contributed by atoms with van der Waals surface area (Å²) in [6.45, 7) is 3.31. The van der Waals surface area contributed by atoms with Crippen molar-refractivity contribution in [3.63, 3.8) is 0 Å². The average Bonchev–Trinajstić information content (AvgIpc) is 3.35.